The maximum absolute atomic E-state index is 9.62. The van der Waals surface area contributed by atoms with Crippen LogP contribution in [0.4, 0.5) is 0 Å². The predicted molar refractivity (Wildman–Crippen MR) is 75.4 cm³/mol. The summed E-state index contributed by atoms with van der Waals surface area (Å²) in [6.07, 6.45) is 3.94. The fourth-order valence-corrected chi connectivity index (χ4v) is 3.18. The molecule has 0 radical (unpaired) electrons. The van der Waals surface area contributed by atoms with Crippen molar-refractivity contribution in [3.8, 4) is 0 Å². The predicted octanol–water partition coefficient (Wildman–Crippen LogP) is 3.13. The van der Waals surface area contributed by atoms with Gasteiger partial charge in [0.15, 0.2) is 0 Å². The van der Waals surface area contributed by atoms with Crippen LogP contribution in [0, 0.1) is 11.8 Å². The molecule has 2 heteroatoms. The Bertz CT molecular complexity index is 341. The van der Waals surface area contributed by atoms with E-state index >= 15 is 0 Å². The maximum Gasteiger partial charge on any atom is 0.0626 e. The summed E-state index contributed by atoms with van der Waals surface area (Å²) >= 11 is 0. The first-order chi connectivity index (χ1) is 8.72. The lowest BCUT2D eigenvalue weighted by atomic mass is 9.78. The Hall–Kier alpha value is -0.860. The Kier molecular flexibility index (Phi) is 4.79. The molecule has 1 fully saturated rings. The van der Waals surface area contributed by atoms with E-state index in [0.29, 0.717) is 17.9 Å². The van der Waals surface area contributed by atoms with Gasteiger partial charge in [0.25, 0.3) is 0 Å². The average Bonchev–Trinajstić information content (AvgIpc) is 2.40. The third kappa shape index (κ3) is 3.12. The minimum absolute atomic E-state index is 0.0687. The van der Waals surface area contributed by atoms with Crippen LogP contribution in [-0.2, 0) is 0 Å². The van der Waals surface area contributed by atoms with E-state index in [0.717, 1.165) is 0 Å². The summed E-state index contributed by atoms with van der Waals surface area (Å²) in [6, 6.07) is 10.9. The molecule has 1 aromatic rings. The smallest absolute Gasteiger partial charge is 0.0626 e. The van der Waals surface area contributed by atoms with Crippen molar-refractivity contribution in [2.45, 2.75) is 45.2 Å². The van der Waals surface area contributed by atoms with Gasteiger partial charge in [0.2, 0.25) is 0 Å². The van der Waals surface area contributed by atoms with Crippen molar-refractivity contribution in [2.75, 3.05) is 6.61 Å². The van der Waals surface area contributed by atoms with Crippen LogP contribution in [0.25, 0.3) is 0 Å². The van der Waals surface area contributed by atoms with Gasteiger partial charge in [-0.15, -0.1) is 0 Å². The molecule has 0 aliphatic heterocycles. The zero-order chi connectivity index (χ0) is 13.0. The number of rotatable bonds is 4. The summed E-state index contributed by atoms with van der Waals surface area (Å²) in [5.74, 6) is 1.40. The molecule has 3 unspecified atom stereocenters. The van der Waals surface area contributed by atoms with Gasteiger partial charge in [-0.1, -0.05) is 50.6 Å². The zero-order valence-corrected chi connectivity index (χ0v) is 11.5. The number of nitrogens with one attached hydrogen (secondary N) is 1. The van der Waals surface area contributed by atoms with Gasteiger partial charge >= 0.3 is 0 Å². The molecule has 1 aliphatic rings. The van der Waals surface area contributed by atoms with E-state index in [2.05, 4.69) is 31.3 Å². The fourth-order valence-electron chi connectivity index (χ4n) is 3.18. The molecule has 0 heterocycles. The molecule has 100 valence electrons. The first-order valence-corrected chi connectivity index (χ1v) is 7.14. The maximum atomic E-state index is 9.62. The molecule has 0 amide bonds. The van der Waals surface area contributed by atoms with Gasteiger partial charge in [-0.3, -0.25) is 0 Å². The van der Waals surface area contributed by atoms with E-state index in [9.17, 15) is 5.11 Å². The summed E-state index contributed by atoms with van der Waals surface area (Å²) in [7, 11) is 0. The van der Waals surface area contributed by atoms with Gasteiger partial charge in [0, 0.05) is 6.04 Å². The Labute approximate surface area is 110 Å². The second kappa shape index (κ2) is 6.35. The van der Waals surface area contributed by atoms with E-state index in [4.69, 9.17) is 0 Å². The molecule has 0 spiro atoms. The number of aliphatic hydroxyl groups excluding tert-OH is 1. The van der Waals surface area contributed by atoms with Crippen LogP contribution in [0.3, 0.4) is 0 Å². The van der Waals surface area contributed by atoms with Gasteiger partial charge in [0.05, 0.1) is 12.6 Å². The number of benzene rings is 1. The Morgan fingerprint density at radius 2 is 1.78 bits per heavy atom. The average molecular weight is 247 g/mol. The van der Waals surface area contributed by atoms with E-state index < -0.39 is 0 Å². The van der Waals surface area contributed by atoms with Crippen LogP contribution in [0.1, 0.15) is 44.7 Å². The molecule has 18 heavy (non-hydrogen) atoms. The van der Waals surface area contributed by atoms with E-state index in [1.54, 1.807) is 0 Å². The SMILES string of the molecule is CC1CCCC(C)C1NC(CO)c1ccccc1. The molecule has 2 rings (SSSR count). The molecule has 0 saturated heterocycles. The molecular weight excluding hydrogens is 222 g/mol. The van der Waals surface area contributed by atoms with Crippen molar-refractivity contribution in [1.29, 1.82) is 0 Å². The zero-order valence-electron chi connectivity index (χ0n) is 11.5. The number of hydrogen-bond donors (Lipinski definition) is 2. The van der Waals surface area contributed by atoms with Gasteiger partial charge in [-0.2, -0.15) is 0 Å². The molecule has 0 bridgehead atoms. The van der Waals surface area contributed by atoms with Crippen molar-refractivity contribution in [3.63, 3.8) is 0 Å². The standard InChI is InChI=1S/C16H25NO/c1-12-7-6-8-13(2)16(12)17-15(11-18)14-9-4-3-5-10-14/h3-5,9-10,12-13,15-18H,6-8,11H2,1-2H3. The summed E-state index contributed by atoms with van der Waals surface area (Å²) in [6.45, 7) is 4.82. The lowest BCUT2D eigenvalue weighted by Crippen LogP contribution is -2.45. The van der Waals surface area contributed by atoms with Crippen molar-refractivity contribution in [3.05, 3.63) is 35.9 Å². The molecule has 2 N–H and O–H groups in total. The first kappa shape index (κ1) is 13.6. The molecule has 1 aromatic carbocycles. The summed E-state index contributed by atoms with van der Waals surface area (Å²) in [5.41, 5.74) is 1.19. The highest BCUT2D eigenvalue weighted by atomic mass is 16.3. The van der Waals surface area contributed by atoms with Gasteiger partial charge in [-0.25, -0.2) is 0 Å². The highest BCUT2D eigenvalue weighted by molar-refractivity contribution is 5.19. The molecule has 1 aliphatic carbocycles. The van der Waals surface area contributed by atoms with E-state index in [1.807, 2.05) is 18.2 Å². The minimum atomic E-state index is 0.0687. The Morgan fingerprint density at radius 1 is 1.17 bits per heavy atom. The molecule has 2 nitrogen and oxygen atoms in total. The van der Waals surface area contributed by atoms with Crippen LogP contribution in [0.15, 0.2) is 30.3 Å². The highest BCUT2D eigenvalue weighted by Crippen LogP contribution is 2.30. The van der Waals surface area contributed by atoms with E-state index in [1.165, 1.54) is 24.8 Å². The van der Waals surface area contributed by atoms with Crippen LogP contribution < -0.4 is 5.32 Å². The first-order valence-electron chi connectivity index (χ1n) is 7.14. The lowest BCUT2D eigenvalue weighted by molar-refractivity contribution is 0.161. The van der Waals surface area contributed by atoms with Gasteiger partial charge in [0.1, 0.15) is 0 Å². The fraction of sp³-hybridized carbons (Fsp3) is 0.625. The molecule has 0 aromatic heterocycles. The Morgan fingerprint density at radius 3 is 2.33 bits per heavy atom. The summed E-state index contributed by atoms with van der Waals surface area (Å²) < 4.78 is 0. The molecule has 1 saturated carbocycles. The number of aliphatic hydroxyl groups is 1. The van der Waals surface area contributed by atoms with Crippen molar-refractivity contribution < 1.29 is 5.11 Å². The minimum Gasteiger partial charge on any atom is -0.394 e. The van der Waals surface area contributed by atoms with Gasteiger partial charge < -0.3 is 10.4 Å². The third-order valence-electron chi connectivity index (χ3n) is 4.32. The van der Waals surface area contributed by atoms with Crippen LogP contribution >= 0.6 is 0 Å². The lowest BCUT2D eigenvalue weighted by Gasteiger charge is -2.37. The third-order valence-corrected chi connectivity index (χ3v) is 4.32. The second-order valence-corrected chi connectivity index (χ2v) is 5.72. The highest BCUT2D eigenvalue weighted by Gasteiger charge is 2.29. The van der Waals surface area contributed by atoms with Crippen molar-refractivity contribution >= 4 is 0 Å². The summed E-state index contributed by atoms with van der Waals surface area (Å²) in [5, 5.41) is 13.3. The van der Waals surface area contributed by atoms with Crippen molar-refractivity contribution in [2.24, 2.45) is 11.8 Å². The number of hydrogen-bond acceptors (Lipinski definition) is 2. The van der Waals surface area contributed by atoms with Crippen LogP contribution in [-0.4, -0.2) is 17.8 Å². The monoisotopic (exact) mass is 247 g/mol. The normalized spacial score (nSPS) is 30.1. The second-order valence-electron chi connectivity index (χ2n) is 5.72. The topological polar surface area (TPSA) is 32.3 Å². The molecule has 3 atom stereocenters. The largest absolute Gasteiger partial charge is 0.394 e. The quantitative estimate of drug-likeness (QED) is 0.856. The van der Waals surface area contributed by atoms with E-state index in [-0.39, 0.29) is 12.6 Å². The Balaban J connectivity index is 2.05. The van der Waals surface area contributed by atoms with Crippen molar-refractivity contribution in [1.82, 2.24) is 5.32 Å². The van der Waals surface area contributed by atoms with Crippen LogP contribution in [0.2, 0.25) is 0 Å². The molecular formula is C16H25NO. The van der Waals surface area contributed by atoms with Gasteiger partial charge in [-0.05, 0) is 30.2 Å². The summed E-state index contributed by atoms with van der Waals surface area (Å²) in [4.78, 5) is 0. The van der Waals surface area contributed by atoms with Crippen LogP contribution in [0.5, 0.6) is 0 Å².